The molecule has 2 heterocycles. The van der Waals surface area contributed by atoms with Crippen LogP contribution < -0.4 is 10.6 Å². The zero-order valence-electron chi connectivity index (χ0n) is 20.5. The molecule has 1 aromatic rings. The lowest BCUT2D eigenvalue weighted by Gasteiger charge is -2.54. The van der Waals surface area contributed by atoms with Gasteiger partial charge in [-0.25, -0.2) is 4.79 Å². The Labute approximate surface area is 203 Å². The summed E-state index contributed by atoms with van der Waals surface area (Å²) in [5.41, 5.74) is 3.25. The highest BCUT2D eigenvalue weighted by Gasteiger charge is 2.55. The van der Waals surface area contributed by atoms with Crippen LogP contribution in [0, 0.1) is 11.3 Å². The second-order valence-corrected chi connectivity index (χ2v) is 12.2. The Hall–Kier alpha value is -2.08. The third-order valence-electron chi connectivity index (χ3n) is 9.48. The van der Waals surface area contributed by atoms with E-state index in [1.807, 2.05) is 4.90 Å². The average Bonchev–Trinajstić information content (AvgIpc) is 2.97. The van der Waals surface area contributed by atoms with Gasteiger partial charge in [0.2, 0.25) is 5.91 Å². The van der Waals surface area contributed by atoms with E-state index in [-0.39, 0.29) is 29.4 Å². The fourth-order valence-corrected chi connectivity index (χ4v) is 8.30. The number of carbonyl (C=O) groups is 2. The summed E-state index contributed by atoms with van der Waals surface area (Å²) in [5.74, 6) is 1.49. The second-order valence-electron chi connectivity index (χ2n) is 12.2. The molecule has 6 heteroatoms. The molecule has 2 aliphatic heterocycles. The summed E-state index contributed by atoms with van der Waals surface area (Å²) in [7, 11) is 0. The number of carbonyl (C=O) groups excluding carboxylic acids is 2. The Morgan fingerprint density at radius 2 is 1.56 bits per heavy atom. The summed E-state index contributed by atoms with van der Waals surface area (Å²) in [6.45, 7) is 5.31. The van der Waals surface area contributed by atoms with Crippen LogP contribution in [0.1, 0.15) is 87.7 Å². The number of likely N-dealkylation sites (tertiary alicyclic amines) is 1. The number of amides is 3. The largest absolute Gasteiger partial charge is 0.381 e. The van der Waals surface area contributed by atoms with Crippen molar-refractivity contribution in [2.24, 2.45) is 11.3 Å². The van der Waals surface area contributed by atoms with Crippen molar-refractivity contribution in [3.05, 3.63) is 35.4 Å². The van der Waals surface area contributed by atoms with Crippen LogP contribution >= 0.6 is 0 Å². The van der Waals surface area contributed by atoms with Crippen LogP contribution in [0.2, 0.25) is 0 Å². The molecular weight excluding hydrogens is 426 g/mol. The van der Waals surface area contributed by atoms with Gasteiger partial charge >= 0.3 is 6.03 Å². The molecule has 2 saturated heterocycles. The van der Waals surface area contributed by atoms with E-state index in [4.69, 9.17) is 4.74 Å². The number of nitrogens with one attached hydrogen (secondary N) is 2. The van der Waals surface area contributed by atoms with Crippen LogP contribution in [-0.4, -0.2) is 54.7 Å². The SMILES string of the molecule is CC12CC3CC(NC(=O)NC4CCN(C(=O)C5CCOCC5)CC4)(CC(C1)c1ccccc13)C2. The first-order valence-corrected chi connectivity index (χ1v) is 13.5. The zero-order valence-corrected chi connectivity index (χ0v) is 20.5. The molecule has 1 aromatic carbocycles. The van der Waals surface area contributed by atoms with Crippen molar-refractivity contribution in [1.82, 2.24) is 15.5 Å². The predicted molar refractivity (Wildman–Crippen MR) is 131 cm³/mol. The fourth-order valence-electron chi connectivity index (χ4n) is 8.30. The van der Waals surface area contributed by atoms with E-state index in [0.29, 0.717) is 30.5 Å². The van der Waals surface area contributed by atoms with Gasteiger partial charge < -0.3 is 20.3 Å². The molecule has 6 nitrogen and oxygen atoms in total. The molecule has 7 rings (SSSR count). The highest BCUT2D eigenvalue weighted by molar-refractivity contribution is 5.79. The molecule has 0 radical (unpaired) electrons. The summed E-state index contributed by atoms with van der Waals surface area (Å²) in [4.78, 5) is 28.1. The summed E-state index contributed by atoms with van der Waals surface area (Å²) in [6, 6.07) is 9.15. The summed E-state index contributed by atoms with van der Waals surface area (Å²) in [5, 5.41) is 6.79. The first-order chi connectivity index (χ1) is 16.4. The van der Waals surface area contributed by atoms with Crippen molar-refractivity contribution >= 4 is 11.9 Å². The first kappa shape index (κ1) is 22.4. The number of benzene rings is 1. The molecule has 4 bridgehead atoms. The van der Waals surface area contributed by atoms with Crippen molar-refractivity contribution < 1.29 is 14.3 Å². The minimum Gasteiger partial charge on any atom is -0.381 e. The first-order valence-electron chi connectivity index (χ1n) is 13.5. The Kier molecular flexibility index (Phi) is 5.63. The molecule has 2 N–H and O–H groups in total. The minimum atomic E-state index is -0.108. The Bertz CT molecular complexity index is 913. The van der Waals surface area contributed by atoms with E-state index in [9.17, 15) is 9.59 Å². The smallest absolute Gasteiger partial charge is 0.315 e. The van der Waals surface area contributed by atoms with Gasteiger partial charge in [0.25, 0.3) is 0 Å². The minimum absolute atomic E-state index is 0.0104. The van der Waals surface area contributed by atoms with E-state index in [1.54, 1.807) is 0 Å². The van der Waals surface area contributed by atoms with E-state index in [0.717, 1.165) is 58.0 Å². The van der Waals surface area contributed by atoms with Crippen molar-refractivity contribution in [3.63, 3.8) is 0 Å². The maximum absolute atomic E-state index is 13.2. The van der Waals surface area contributed by atoms with Crippen molar-refractivity contribution in [2.45, 2.75) is 88.1 Å². The lowest BCUT2D eigenvalue weighted by Crippen LogP contribution is -2.61. The van der Waals surface area contributed by atoms with Crippen LogP contribution in [0.3, 0.4) is 0 Å². The molecule has 2 saturated carbocycles. The summed E-state index contributed by atoms with van der Waals surface area (Å²) in [6.07, 6.45) is 9.04. The maximum Gasteiger partial charge on any atom is 0.315 e. The van der Waals surface area contributed by atoms with Gasteiger partial charge in [0, 0.05) is 43.8 Å². The van der Waals surface area contributed by atoms with Crippen LogP contribution in [0.4, 0.5) is 4.79 Å². The van der Waals surface area contributed by atoms with Gasteiger partial charge in [-0.15, -0.1) is 0 Å². The summed E-state index contributed by atoms with van der Waals surface area (Å²) < 4.78 is 5.40. The van der Waals surface area contributed by atoms with Crippen LogP contribution in [0.15, 0.2) is 24.3 Å². The van der Waals surface area contributed by atoms with Crippen molar-refractivity contribution in [1.29, 1.82) is 0 Å². The van der Waals surface area contributed by atoms with E-state index in [1.165, 1.54) is 24.0 Å². The number of rotatable bonds is 3. The molecule has 4 aliphatic carbocycles. The second kappa shape index (κ2) is 8.54. The molecule has 6 aliphatic rings. The number of hydrogen-bond donors (Lipinski definition) is 2. The van der Waals surface area contributed by atoms with E-state index >= 15 is 0 Å². The van der Waals surface area contributed by atoms with Crippen LogP contribution in [-0.2, 0) is 9.53 Å². The van der Waals surface area contributed by atoms with Crippen LogP contribution in [0.5, 0.6) is 0 Å². The molecule has 0 aromatic heterocycles. The van der Waals surface area contributed by atoms with Gasteiger partial charge in [0.1, 0.15) is 0 Å². The Balaban J connectivity index is 1.07. The topological polar surface area (TPSA) is 70.7 Å². The Morgan fingerprint density at radius 3 is 2.18 bits per heavy atom. The molecule has 2 atom stereocenters. The highest BCUT2D eigenvalue weighted by atomic mass is 16.5. The van der Waals surface area contributed by atoms with Crippen molar-refractivity contribution in [2.75, 3.05) is 26.3 Å². The van der Waals surface area contributed by atoms with Gasteiger partial charge in [0.05, 0.1) is 0 Å². The number of ether oxygens (including phenoxy) is 1. The molecule has 4 fully saturated rings. The van der Waals surface area contributed by atoms with Gasteiger partial charge in [-0.05, 0) is 86.2 Å². The quantitative estimate of drug-likeness (QED) is 0.699. The average molecular weight is 466 g/mol. The lowest BCUT2D eigenvalue weighted by molar-refractivity contribution is -0.139. The van der Waals surface area contributed by atoms with Gasteiger partial charge in [-0.3, -0.25) is 4.79 Å². The van der Waals surface area contributed by atoms with Gasteiger partial charge in [-0.1, -0.05) is 31.2 Å². The normalized spacial score (nSPS) is 35.5. The third-order valence-corrected chi connectivity index (χ3v) is 9.48. The summed E-state index contributed by atoms with van der Waals surface area (Å²) >= 11 is 0. The number of urea groups is 1. The zero-order chi connectivity index (χ0) is 23.3. The standard InChI is InChI=1S/C28H39N3O3/c1-27-14-20-16-28(18-27,17-21(15-27)24-5-3-2-4-23(20)24)30-26(33)29-22-6-10-31(11-7-22)25(32)19-8-12-34-13-9-19/h2-5,19-22H,6-18H2,1H3,(H2,29,30,33). The number of nitrogens with zero attached hydrogens (tertiary/aromatic N) is 1. The monoisotopic (exact) mass is 465 g/mol. The third kappa shape index (κ3) is 4.12. The molecule has 3 amide bonds. The molecular formula is C28H39N3O3. The Morgan fingerprint density at radius 1 is 0.941 bits per heavy atom. The molecule has 2 unspecified atom stereocenters. The predicted octanol–water partition coefficient (Wildman–Crippen LogP) is 4.31. The highest BCUT2D eigenvalue weighted by Crippen LogP contribution is 2.62. The van der Waals surface area contributed by atoms with Crippen LogP contribution in [0.25, 0.3) is 0 Å². The molecule has 34 heavy (non-hydrogen) atoms. The van der Waals surface area contributed by atoms with E-state index < -0.39 is 0 Å². The van der Waals surface area contributed by atoms with Crippen molar-refractivity contribution in [3.8, 4) is 0 Å². The number of hydrogen-bond acceptors (Lipinski definition) is 3. The fraction of sp³-hybridized carbons (Fsp3) is 0.714. The van der Waals surface area contributed by atoms with E-state index in [2.05, 4.69) is 41.8 Å². The van der Waals surface area contributed by atoms with Gasteiger partial charge in [0.15, 0.2) is 0 Å². The lowest BCUT2D eigenvalue weighted by atomic mass is 9.55. The molecule has 184 valence electrons. The molecule has 0 spiro atoms. The van der Waals surface area contributed by atoms with Gasteiger partial charge in [-0.2, -0.15) is 0 Å². The maximum atomic E-state index is 13.2. The number of piperidine rings is 1.